The van der Waals surface area contributed by atoms with Crippen molar-refractivity contribution in [3.05, 3.63) is 29.6 Å². The Morgan fingerprint density at radius 1 is 1.37 bits per heavy atom. The van der Waals surface area contributed by atoms with Gasteiger partial charge in [-0.15, -0.1) is 0 Å². The predicted octanol–water partition coefficient (Wildman–Crippen LogP) is 1.55. The normalized spacial score (nSPS) is 10.4. The second kappa shape index (κ2) is 6.84. The van der Waals surface area contributed by atoms with Gasteiger partial charge in [-0.2, -0.15) is 0 Å². The molecule has 1 aromatic carbocycles. The first-order valence-electron chi connectivity index (χ1n) is 5.85. The first-order chi connectivity index (χ1) is 8.93. The maximum absolute atomic E-state index is 13.1. The number of methoxy groups -OCH3 is 1. The van der Waals surface area contributed by atoms with Crippen LogP contribution in [0, 0.1) is 5.82 Å². The van der Waals surface area contributed by atoms with E-state index >= 15 is 0 Å². The van der Waals surface area contributed by atoms with Gasteiger partial charge in [-0.3, -0.25) is 4.79 Å². The Morgan fingerprint density at radius 2 is 2.05 bits per heavy atom. The number of ether oxygens (including phenoxy) is 1. The number of carbonyl (C=O) groups excluding carboxylic acids is 2. The molecule has 0 aliphatic rings. The SMILES string of the molecule is COC(=O)c1cc(F)ccc1NC(=O)CNC(C)C. The molecule has 0 aliphatic heterocycles. The number of nitrogens with one attached hydrogen (secondary N) is 2. The Kier molecular flexibility index (Phi) is 5.44. The quantitative estimate of drug-likeness (QED) is 0.795. The fourth-order valence-electron chi connectivity index (χ4n) is 1.40. The van der Waals surface area contributed by atoms with Crippen LogP contribution in [0.3, 0.4) is 0 Å². The summed E-state index contributed by atoms with van der Waals surface area (Å²) < 4.78 is 17.6. The average molecular weight is 268 g/mol. The number of halogens is 1. The number of rotatable bonds is 5. The Hall–Kier alpha value is -1.95. The largest absolute Gasteiger partial charge is 0.465 e. The van der Waals surface area contributed by atoms with Crippen molar-refractivity contribution in [1.29, 1.82) is 0 Å². The van der Waals surface area contributed by atoms with Gasteiger partial charge in [-0.05, 0) is 18.2 Å². The third-order valence-electron chi connectivity index (χ3n) is 2.33. The number of carbonyl (C=O) groups is 2. The molecule has 6 heteroatoms. The van der Waals surface area contributed by atoms with Gasteiger partial charge in [-0.1, -0.05) is 13.8 Å². The van der Waals surface area contributed by atoms with E-state index in [-0.39, 0.29) is 29.7 Å². The minimum absolute atomic E-state index is 0.0135. The maximum atomic E-state index is 13.1. The van der Waals surface area contributed by atoms with Crippen LogP contribution in [0.15, 0.2) is 18.2 Å². The Bertz CT molecular complexity index is 475. The van der Waals surface area contributed by atoms with E-state index in [4.69, 9.17) is 0 Å². The minimum atomic E-state index is -0.702. The number of hydrogen-bond donors (Lipinski definition) is 2. The van der Waals surface area contributed by atoms with Crippen molar-refractivity contribution in [1.82, 2.24) is 5.32 Å². The van der Waals surface area contributed by atoms with Crippen molar-refractivity contribution >= 4 is 17.6 Å². The molecule has 2 N–H and O–H groups in total. The highest BCUT2D eigenvalue weighted by Gasteiger charge is 2.15. The molecule has 0 saturated heterocycles. The molecular weight excluding hydrogens is 251 g/mol. The summed E-state index contributed by atoms with van der Waals surface area (Å²) in [5.74, 6) is -1.59. The van der Waals surface area contributed by atoms with Crippen molar-refractivity contribution < 1.29 is 18.7 Å². The van der Waals surface area contributed by atoms with E-state index in [9.17, 15) is 14.0 Å². The number of anilines is 1. The van der Waals surface area contributed by atoms with E-state index in [1.807, 2.05) is 13.8 Å². The number of benzene rings is 1. The van der Waals surface area contributed by atoms with Crippen molar-refractivity contribution in [2.24, 2.45) is 0 Å². The lowest BCUT2D eigenvalue weighted by Crippen LogP contribution is -2.33. The molecule has 1 rings (SSSR count). The molecule has 1 aromatic rings. The summed E-state index contributed by atoms with van der Waals surface area (Å²) >= 11 is 0. The molecule has 19 heavy (non-hydrogen) atoms. The van der Waals surface area contributed by atoms with Gasteiger partial charge < -0.3 is 15.4 Å². The first-order valence-corrected chi connectivity index (χ1v) is 5.85. The second-order valence-electron chi connectivity index (χ2n) is 4.27. The molecule has 0 atom stereocenters. The summed E-state index contributed by atoms with van der Waals surface area (Å²) in [6, 6.07) is 3.68. The van der Waals surface area contributed by atoms with Crippen LogP contribution in [0.1, 0.15) is 24.2 Å². The fraction of sp³-hybridized carbons (Fsp3) is 0.385. The lowest BCUT2D eigenvalue weighted by molar-refractivity contribution is -0.115. The first kappa shape index (κ1) is 15.1. The van der Waals surface area contributed by atoms with Gasteiger partial charge in [-0.25, -0.2) is 9.18 Å². The Morgan fingerprint density at radius 3 is 2.63 bits per heavy atom. The van der Waals surface area contributed by atoms with E-state index in [1.54, 1.807) is 0 Å². The highest BCUT2D eigenvalue weighted by atomic mass is 19.1. The van der Waals surface area contributed by atoms with Crippen LogP contribution in [0.25, 0.3) is 0 Å². The summed E-state index contributed by atoms with van der Waals surface area (Å²) in [5.41, 5.74) is 0.212. The Labute approximate surface area is 111 Å². The van der Waals surface area contributed by atoms with Crippen LogP contribution < -0.4 is 10.6 Å². The van der Waals surface area contributed by atoms with Crippen LogP contribution in [0.2, 0.25) is 0 Å². The average Bonchev–Trinajstić information content (AvgIpc) is 2.37. The molecule has 0 aromatic heterocycles. The zero-order valence-electron chi connectivity index (χ0n) is 11.1. The molecule has 0 aliphatic carbocycles. The Balaban J connectivity index is 2.82. The molecule has 0 bridgehead atoms. The monoisotopic (exact) mass is 268 g/mol. The number of amides is 1. The third kappa shape index (κ3) is 4.67. The van der Waals surface area contributed by atoms with E-state index in [0.29, 0.717) is 0 Å². The molecule has 0 unspecified atom stereocenters. The van der Waals surface area contributed by atoms with Gasteiger partial charge in [0.25, 0.3) is 0 Å². The zero-order chi connectivity index (χ0) is 14.4. The van der Waals surface area contributed by atoms with Gasteiger partial charge in [0.1, 0.15) is 5.82 Å². The smallest absolute Gasteiger partial charge is 0.340 e. The summed E-state index contributed by atoms with van der Waals surface area (Å²) in [5, 5.41) is 5.48. The molecule has 0 saturated carbocycles. The van der Waals surface area contributed by atoms with Crippen LogP contribution >= 0.6 is 0 Å². The second-order valence-corrected chi connectivity index (χ2v) is 4.27. The van der Waals surface area contributed by atoms with E-state index < -0.39 is 11.8 Å². The number of hydrogen-bond acceptors (Lipinski definition) is 4. The van der Waals surface area contributed by atoms with E-state index in [2.05, 4.69) is 15.4 Å². The standard InChI is InChI=1S/C13H17FN2O3/c1-8(2)15-7-12(17)16-11-5-4-9(14)6-10(11)13(18)19-3/h4-6,8,15H,7H2,1-3H3,(H,16,17). The topological polar surface area (TPSA) is 67.4 Å². The van der Waals surface area contributed by atoms with Crippen LogP contribution in [0.5, 0.6) is 0 Å². The summed E-state index contributed by atoms with van der Waals surface area (Å²) in [6.07, 6.45) is 0. The van der Waals surface area contributed by atoms with Gasteiger partial charge in [0.15, 0.2) is 0 Å². The van der Waals surface area contributed by atoms with Crippen molar-refractivity contribution in [2.45, 2.75) is 19.9 Å². The highest BCUT2D eigenvalue weighted by molar-refractivity contribution is 6.01. The van der Waals surface area contributed by atoms with E-state index in [0.717, 1.165) is 12.1 Å². The van der Waals surface area contributed by atoms with Gasteiger partial charge in [0.2, 0.25) is 5.91 Å². The lowest BCUT2D eigenvalue weighted by Gasteiger charge is -2.11. The molecule has 1 amide bonds. The molecule has 0 spiro atoms. The number of esters is 1. The summed E-state index contributed by atoms with van der Waals surface area (Å²) in [6.45, 7) is 3.92. The lowest BCUT2D eigenvalue weighted by atomic mass is 10.1. The van der Waals surface area contributed by atoms with Gasteiger partial charge >= 0.3 is 5.97 Å². The highest BCUT2D eigenvalue weighted by Crippen LogP contribution is 2.17. The van der Waals surface area contributed by atoms with Crippen LogP contribution in [0.4, 0.5) is 10.1 Å². The van der Waals surface area contributed by atoms with Crippen molar-refractivity contribution in [2.75, 3.05) is 19.0 Å². The van der Waals surface area contributed by atoms with Crippen molar-refractivity contribution in [3.63, 3.8) is 0 Å². The molecule has 0 fully saturated rings. The fourth-order valence-corrected chi connectivity index (χ4v) is 1.40. The van der Waals surface area contributed by atoms with Crippen LogP contribution in [-0.4, -0.2) is 31.6 Å². The summed E-state index contributed by atoms with van der Waals surface area (Å²) in [4.78, 5) is 23.1. The molecular formula is C13H17FN2O3. The van der Waals surface area contributed by atoms with Gasteiger partial charge in [0, 0.05) is 6.04 Å². The van der Waals surface area contributed by atoms with Gasteiger partial charge in [0.05, 0.1) is 24.9 Å². The van der Waals surface area contributed by atoms with Crippen LogP contribution in [-0.2, 0) is 9.53 Å². The molecule has 0 radical (unpaired) electrons. The van der Waals surface area contributed by atoms with Crippen molar-refractivity contribution in [3.8, 4) is 0 Å². The predicted molar refractivity (Wildman–Crippen MR) is 69.5 cm³/mol. The molecule has 0 heterocycles. The zero-order valence-corrected chi connectivity index (χ0v) is 11.1. The molecule has 5 nitrogen and oxygen atoms in total. The third-order valence-corrected chi connectivity index (χ3v) is 2.33. The summed E-state index contributed by atoms with van der Waals surface area (Å²) in [7, 11) is 1.19. The minimum Gasteiger partial charge on any atom is -0.465 e. The van der Waals surface area contributed by atoms with E-state index in [1.165, 1.54) is 13.2 Å². The molecule has 104 valence electrons. The maximum Gasteiger partial charge on any atom is 0.340 e.